The van der Waals surface area contributed by atoms with E-state index in [1.165, 1.54) is 0 Å². The summed E-state index contributed by atoms with van der Waals surface area (Å²) in [5.41, 5.74) is 2.98. The lowest BCUT2D eigenvalue weighted by atomic mass is 10.2. The monoisotopic (exact) mass is 172 g/mol. The average molecular weight is 172 g/mol. The Morgan fingerprint density at radius 3 is 2.91 bits per heavy atom. The van der Waals surface area contributed by atoms with Gasteiger partial charge in [0.25, 0.3) is 0 Å². The molecule has 1 aromatic heterocycles. The number of thiazole rings is 1. The number of hydrogen-bond donors (Lipinski definition) is 2. The Kier molecular flexibility index (Phi) is 2.99. The molecule has 0 bridgehead atoms. The molecule has 0 radical (unpaired) electrons. The first-order valence-corrected chi connectivity index (χ1v) is 4.43. The molecule has 3 nitrogen and oxygen atoms in total. The van der Waals surface area contributed by atoms with Gasteiger partial charge in [0.1, 0.15) is 0 Å². The van der Waals surface area contributed by atoms with Gasteiger partial charge in [-0.15, -0.1) is 11.3 Å². The van der Waals surface area contributed by atoms with Gasteiger partial charge in [-0.3, -0.25) is 0 Å². The molecule has 0 spiro atoms. The highest BCUT2D eigenvalue weighted by Crippen LogP contribution is 2.18. The van der Waals surface area contributed by atoms with E-state index in [9.17, 15) is 0 Å². The van der Waals surface area contributed by atoms with Crippen molar-refractivity contribution >= 4 is 11.3 Å². The van der Waals surface area contributed by atoms with Gasteiger partial charge in [0.15, 0.2) is 0 Å². The summed E-state index contributed by atoms with van der Waals surface area (Å²) in [6, 6.07) is 0. The Hall–Kier alpha value is -0.450. The van der Waals surface area contributed by atoms with Crippen molar-refractivity contribution in [1.82, 2.24) is 10.5 Å². The highest BCUT2D eigenvalue weighted by molar-refractivity contribution is 7.09. The lowest BCUT2D eigenvalue weighted by Gasteiger charge is -1.96. The normalized spacial score (nSPS) is 10.9. The van der Waals surface area contributed by atoms with Crippen LogP contribution in [0.25, 0.3) is 0 Å². The van der Waals surface area contributed by atoms with Gasteiger partial charge in [0, 0.05) is 11.3 Å². The molecule has 0 atom stereocenters. The zero-order valence-electron chi connectivity index (χ0n) is 6.66. The minimum absolute atomic E-state index is 0.434. The minimum Gasteiger partial charge on any atom is -0.316 e. The second-order valence-electron chi connectivity index (χ2n) is 2.67. The number of nitrogens with one attached hydrogen (secondary N) is 1. The molecule has 0 saturated heterocycles. The van der Waals surface area contributed by atoms with Gasteiger partial charge in [0.2, 0.25) is 0 Å². The quantitative estimate of drug-likeness (QED) is 0.683. The molecule has 1 aromatic rings. The topological polar surface area (TPSA) is 45.2 Å². The van der Waals surface area contributed by atoms with Crippen molar-refractivity contribution in [2.75, 3.05) is 0 Å². The van der Waals surface area contributed by atoms with Crippen molar-refractivity contribution in [1.29, 1.82) is 0 Å². The first-order valence-electron chi connectivity index (χ1n) is 3.55. The van der Waals surface area contributed by atoms with E-state index in [2.05, 4.69) is 24.3 Å². The number of nitrogens with zero attached hydrogens (tertiary/aromatic N) is 1. The largest absolute Gasteiger partial charge is 0.316 e. The van der Waals surface area contributed by atoms with Crippen molar-refractivity contribution in [3.8, 4) is 0 Å². The molecular formula is C7H12N2OS. The summed E-state index contributed by atoms with van der Waals surface area (Å²) in [6.07, 6.45) is 0. The molecule has 0 aromatic carbocycles. The Morgan fingerprint density at radius 1 is 1.73 bits per heavy atom. The highest BCUT2D eigenvalue weighted by Gasteiger charge is 2.04. The Bertz CT molecular complexity index is 222. The van der Waals surface area contributed by atoms with Crippen LogP contribution < -0.4 is 5.48 Å². The summed E-state index contributed by atoms with van der Waals surface area (Å²) in [6.45, 7) is 4.65. The van der Waals surface area contributed by atoms with Crippen LogP contribution in [0.3, 0.4) is 0 Å². The van der Waals surface area contributed by atoms with Crippen molar-refractivity contribution in [2.45, 2.75) is 26.3 Å². The van der Waals surface area contributed by atoms with Crippen molar-refractivity contribution in [2.24, 2.45) is 0 Å². The van der Waals surface area contributed by atoms with Gasteiger partial charge in [-0.25, -0.2) is 4.98 Å². The van der Waals surface area contributed by atoms with Crippen LogP contribution in [0, 0.1) is 0 Å². The lowest BCUT2D eigenvalue weighted by Crippen LogP contribution is -2.06. The lowest BCUT2D eigenvalue weighted by molar-refractivity contribution is 0.160. The van der Waals surface area contributed by atoms with Crippen molar-refractivity contribution in [3.63, 3.8) is 0 Å². The van der Waals surface area contributed by atoms with Crippen LogP contribution in [0.1, 0.15) is 30.5 Å². The fourth-order valence-electron chi connectivity index (χ4n) is 0.750. The zero-order valence-corrected chi connectivity index (χ0v) is 7.48. The second kappa shape index (κ2) is 3.80. The predicted octanol–water partition coefficient (Wildman–Crippen LogP) is 1.75. The van der Waals surface area contributed by atoms with Crippen LogP contribution in [0.2, 0.25) is 0 Å². The molecule has 62 valence electrons. The van der Waals surface area contributed by atoms with Crippen LogP contribution in [0.4, 0.5) is 0 Å². The number of hydrogen-bond acceptors (Lipinski definition) is 4. The average Bonchev–Trinajstić information content (AvgIpc) is 2.37. The standard InChI is InChI=1S/C7H12N2OS/c1-5(2)7-9-6(3-8-10)4-11-7/h4-5,8,10H,3H2,1-2H3. The van der Waals surface area contributed by atoms with Crippen molar-refractivity contribution in [3.05, 3.63) is 16.1 Å². The zero-order chi connectivity index (χ0) is 8.27. The van der Waals surface area contributed by atoms with Gasteiger partial charge in [-0.1, -0.05) is 13.8 Å². The van der Waals surface area contributed by atoms with Crippen LogP contribution in [-0.4, -0.2) is 10.2 Å². The number of hydroxylamine groups is 1. The van der Waals surface area contributed by atoms with E-state index in [0.29, 0.717) is 12.5 Å². The maximum atomic E-state index is 8.38. The smallest absolute Gasteiger partial charge is 0.0954 e. The molecule has 11 heavy (non-hydrogen) atoms. The molecule has 1 heterocycles. The molecule has 0 amide bonds. The van der Waals surface area contributed by atoms with E-state index >= 15 is 0 Å². The molecule has 0 aliphatic heterocycles. The van der Waals surface area contributed by atoms with Gasteiger partial charge in [-0.05, 0) is 0 Å². The van der Waals surface area contributed by atoms with E-state index in [4.69, 9.17) is 5.21 Å². The summed E-state index contributed by atoms with van der Waals surface area (Å²) in [7, 11) is 0. The third-order valence-electron chi connectivity index (χ3n) is 1.32. The molecular weight excluding hydrogens is 160 g/mol. The van der Waals surface area contributed by atoms with Gasteiger partial charge in [0.05, 0.1) is 17.2 Å². The molecule has 1 rings (SSSR count). The second-order valence-corrected chi connectivity index (χ2v) is 3.56. The van der Waals surface area contributed by atoms with E-state index in [1.54, 1.807) is 11.3 Å². The third-order valence-corrected chi connectivity index (χ3v) is 2.52. The van der Waals surface area contributed by atoms with E-state index in [-0.39, 0.29) is 0 Å². The Morgan fingerprint density at radius 2 is 2.45 bits per heavy atom. The molecule has 0 saturated carbocycles. The molecule has 4 heteroatoms. The van der Waals surface area contributed by atoms with E-state index in [1.807, 2.05) is 5.38 Å². The van der Waals surface area contributed by atoms with E-state index in [0.717, 1.165) is 10.7 Å². The summed E-state index contributed by atoms with van der Waals surface area (Å²) in [5, 5.41) is 11.5. The number of rotatable bonds is 3. The van der Waals surface area contributed by atoms with Crippen LogP contribution in [0.15, 0.2) is 5.38 Å². The fraction of sp³-hybridized carbons (Fsp3) is 0.571. The Balaban J connectivity index is 2.66. The van der Waals surface area contributed by atoms with Gasteiger partial charge < -0.3 is 5.21 Å². The number of aromatic nitrogens is 1. The van der Waals surface area contributed by atoms with Gasteiger partial charge in [-0.2, -0.15) is 5.48 Å². The Labute approximate surface area is 70.0 Å². The van der Waals surface area contributed by atoms with E-state index < -0.39 is 0 Å². The first kappa shape index (κ1) is 8.64. The van der Waals surface area contributed by atoms with Gasteiger partial charge >= 0.3 is 0 Å². The summed E-state index contributed by atoms with van der Waals surface area (Å²) < 4.78 is 0. The fourth-order valence-corrected chi connectivity index (χ4v) is 1.58. The maximum Gasteiger partial charge on any atom is 0.0954 e. The molecule has 0 unspecified atom stereocenters. The summed E-state index contributed by atoms with van der Waals surface area (Å²) in [5.74, 6) is 0.479. The summed E-state index contributed by atoms with van der Waals surface area (Å²) >= 11 is 1.64. The first-order chi connectivity index (χ1) is 5.24. The van der Waals surface area contributed by atoms with Crippen LogP contribution in [-0.2, 0) is 6.54 Å². The van der Waals surface area contributed by atoms with Crippen LogP contribution in [0.5, 0.6) is 0 Å². The van der Waals surface area contributed by atoms with Crippen molar-refractivity contribution < 1.29 is 5.21 Å². The highest BCUT2D eigenvalue weighted by atomic mass is 32.1. The minimum atomic E-state index is 0.434. The van der Waals surface area contributed by atoms with Crippen LogP contribution >= 0.6 is 11.3 Å². The SMILES string of the molecule is CC(C)c1nc(CNO)cs1. The molecule has 0 aliphatic carbocycles. The molecule has 0 fully saturated rings. The molecule has 2 N–H and O–H groups in total. The maximum absolute atomic E-state index is 8.38. The predicted molar refractivity (Wildman–Crippen MR) is 44.8 cm³/mol. The summed E-state index contributed by atoms with van der Waals surface area (Å²) in [4.78, 5) is 4.30. The molecule has 0 aliphatic rings. The third kappa shape index (κ3) is 2.25.